The standard InChI is InChI=1S/C32H30N4O11P2S.C23H25N9O13P2/c1-15-34-30-27(31(38)35-15)33-14-36(30)32-29-28(37)24(45-32)13-42-48(39,40)46-22-11-21(44-23(22)12-43-49(41,50)47-29)19-9-7-18-6-5-16-3-2-4-17-8-10-20(19)26(18)25(16)17;1-9-28-20-13(21(35)29-9)26-8-32(20)23-17-14(33)10(42-23)4-40-46(36,37)44-16-11(5-41-47(38,39)45-17)43-22(15(16)34)31-7-25-12-18-24-2-3-30(18)6-27-19(12)31/h2-10,14,21-24,28-29,32,37H,11-13H2,1H3,(H,39,40)(H,41,50)(H,34,35,38);2-3,6-8,10-11,14-17,22-23,33-34H,4-5H2,1H3,(H,36,37)(H,38,39)(H,28,29,35)/t21-,22-,23-,24-,28?,29+,32-,49?;10-,11-,14?,15?,16+,17+,22-,23-/m11/s1. The quantitative estimate of drug-likeness (QED) is 0.0901. The molecule has 6 saturated heterocycles. The van der Waals surface area contributed by atoms with Crippen LogP contribution in [0.5, 0.6) is 0 Å². The molecule has 0 saturated carbocycles. The van der Waals surface area contributed by atoms with Gasteiger partial charge in [-0.15, -0.1) is 0 Å². The van der Waals surface area contributed by atoms with Crippen LogP contribution in [0.2, 0.25) is 0 Å². The highest BCUT2D eigenvalue weighted by molar-refractivity contribution is 8.07. The number of aryl methyl sites for hydroxylation is 2. The molecule has 19 atom stereocenters. The molecule has 0 aliphatic carbocycles. The van der Waals surface area contributed by atoms with Crippen LogP contribution >= 0.6 is 30.2 Å². The lowest BCUT2D eigenvalue weighted by Crippen LogP contribution is -2.36. The summed E-state index contributed by atoms with van der Waals surface area (Å²) < 4.78 is 113. The predicted molar refractivity (Wildman–Crippen MR) is 333 cm³/mol. The van der Waals surface area contributed by atoms with Gasteiger partial charge >= 0.3 is 30.2 Å². The Morgan fingerprint density at radius 3 is 1.65 bits per heavy atom. The molecular formula is C55H55N13O24P4S. The normalized spacial score (nSPS) is 35.3. The van der Waals surface area contributed by atoms with E-state index in [4.69, 9.17) is 66.9 Å². The van der Waals surface area contributed by atoms with Crippen LogP contribution in [0, 0.1) is 13.8 Å². The van der Waals surface area contributed by atoms with E-state index in [1.165, 1.54) is 39.6 Å². The van der Waals surface area contributed by atoms with Crippen molar-refractivity contribution in [2.75, 3.05) is 26.4 Å². The molecule has 4 aromatic carbocycles. The van der Waals surface area contributed by atoms with Crippen LogP contribution in [0.15, 0.2) is 102 Å². The van der Waals surface area contributed by atoms with Crippen LogP contribution in [0.3, 0.4) is 0 Å². The Kier molecular flexibility index (Phi) is 16.3. The average molecular weight is 1440 g/mol. The number of aromatic nitrogens is 13. The van der Waals surface area contributed by atoms with Gasteiger partial charge < -0.3 is 68.3 Å². The van der Waals surface area contributed by atoms with Crippen LogP contribution in [-0.2, 0) is 80.6 Å². The van der Waals surface area contributed by atoms with Crippen molar-refractivity contribution < 1.29 is 104 Å². The molecule has 6 fully saturated rings. The maximum atomic E-state index is 13.4. The van der Waals surface area contributed by atoms with E-state index in [0.29, 0.717) is 17.0 Å². The van der Waals surface area contributed by atoms with Gasteiger partial charge in [-0.05, 0) is 63.5 Å². The number of benzene rings is 4. The predicted octanol–water partition coefficient (Wildman–Crippen LogP) is 3.30. The van der Waals surface area contributed by atoms with Gasteiger partial charge in [0.05, 0.1) is 51.5 Å². The molecule has 4 bridgehead atoms. The summed E-state index contributed by atoms with van der Waals surface area (Å²) in [5, 5.41) is 40.0. The van der Waals surface area contributed by atoms with E-state index in [2.05, 4.69) is 75.2 Å². The largest absolute Gasteiger partial charge is 0.472 e. The summed E-state index contributed by atoms with van der Waals surface area (Å²) in [5.41, 5.74) is 0.886. The molecule has 9 N–H and O–H groups in total. The average Bonchev–Trinajstić information content (AvgIpc) is 1.60. The number of nitrogens with zero attached hydrogens (tertiary/aromatic N) is 11. The Bertz CT molecular complexity index is 5250. The fraction of sp³-hybridized carbons (Fsp3) is 0.400. The summed E-state index contributed by atoms with van der Waals surface area (Å²) >= 11 is 5.38. The van der Waals surface area contributed by atoms with Crippen LogP contribution in [0.1, 0.15) is 48.4 Å². The maximum Gasteiger partial charge on any atom is 0.472 e. The SMILES string of the molecule is Cc1nc2c(ncn2[C@@H]2O[C@@H]3COP(=O)(O)O[C@@H]4C(O)[C@H](n5cnc6c5ncn5ccnc65)O[C@@H]4COP(=O)(O)O[C@H]2C3O)c(=O)[nH]1.Cc1nc2c(ncn2[C@@H]2O[C@@H]3COP(=O)(O)O[C@@H]4C[C@H](c5ccc6ccc7cccc8ccc5c6c78)O[C@@H]4COP(O)(=S)O[C@H]2C3O)c(=O)[nH]1. The van der Waals surface area contributed by atoms with E-state index in [1.807, 2.05) is 24.3 Å². The number of fused-ring (bicyclic) bond motifs is 11. The highest BCUT2D eigenvalue weighted by atomic mass is 32.5. The van der Waals surface area contributed by atoms with Crippen molar-refractivity contribution in [3.63, 3.8) is 0 Å². The van der Waals surface area contributed by atoms with Gasteiger partial charge in [-0.3, -0.25) is 59.4 Å². The number of aliphatic hydroxyl groups is 3. The minimum absolute atomic E-state index is 0.00168. The summed E-state index contributed by atoms with van der Waals surface area (Å²) in [6, 6.07) is 18.4. The lowest BCUT2D eigenvalue weighted by atomic mass is 9.90. The smallest absolute Gasteiger partial charge is 0.387 e. The van der Waals surface area contributed by atoms with Crippen molar-refractivity contribution in [2.45, 2.75) is 112 Å². The molecule has 11 aromatic rings. The van der Waals surface area contributed by atoms with E-state index >= 15 is 0 Å². The van der Waals surface area contributed by atoms with E-state index in [0.717, 1.165) is 44.2 Å². The molecule has 13 heterocycles. The Balaban J connectivity index is 0.000000152. The van der Waals surface area contributed by atoms with Gasteiger partial charge in [0, 0.05) is 18.8 Å². The number of rotatable bonds is 4. The number of hydrogen-bond donors (Lipinski definition) is 9. The van der Waals surface area contributed by atoms with Gasteiger partial charge in [-0.25, -0.2) is 48.6 Å². The van der Waals surface area contributed by atoms with Crippen LogP contribution in [-0.4, -0.2) is 191 Å². The molecule has 7 unspecified atom stereocenters. The summed E-state index contributed by atoms with van der Waals surface area (Å²) in [4.78, 5) is 103. The van der Waals surface area contributed by atoms with Gasteiger partial charge in [0.2, 0.25) is 0 Å². The van der Waals surface area contributed by atoms with Gasteiger partial charge in [0.1, 0.15) is 85.1 Å². The second-order valence-electron chi connectivity index (χ2n) is 23.7. The zero-order valence-electron chi connectivity index (χ0n) is 50.0. The molecule has 6 aliphatic rings. The first-order valence-electron chi connectivity index (χ1n) is 29.8. The minimum Gasteiger partial charge on any atom is -0.387 e. The first-order chi connectivity index (χ1) is 46.3. The summed E-state index contributed by atoms with van der Waals surface area (Å²) in [5.74, 6) is 0.514. The van der Waals surface area contributed by atoms with Crippen LogP contribution in [0.25, 0.3) is 71.5 Å². The highest BCUT2D eigenvalue weighted by Crippen LogP contribution is 2.57. The van der Waals surface area contributed by atoms with Gasteiger partial charge in [0.15, 0.2) is 57.8 Å². The Labute approximate surface area is 546 Å². The molecule has 0 spiro atoms. The van der Waals surface area contributed by atoms with Gasteiger partial charge in [-0.2, -0.15) is 0 Å². The van der Waals surface area contributed by atoms with E-state index < -0.39 is 153 Å². The van der Waals surface area contributed by atoms with E-state index in [9.17, 15) is 58.2 Å². The summed E-state index contributed by atoms with van der Waals surface area (Å²) in [7, 11) is -14.9. The van der Waals surface area contributed by atoms with E-state index in [1.54, 1.807) is 23.7 Å². The molecule has 7 aromatic heterocycles. The molecule has 0 amide bonds. The minimum atomic E-state index is -5.09. The van der Waals surface area contributed by atoms with Crippen molar-refractivity contribution in [3.8, 4) is 0 Å². The topological polar surface area (TPSA) is 479 Å². The summed E-state index contributed by atoms with van der Waals surface area (Å²) in [6.07, 6.45) is -11.8. The number of imidazole rings is 4. The number of phosphoric acid groups is 3. The number of hydrogen-bond acceptors (Lipinski definition) is 28. The zero-order chi connectivity index (χ0) is 67.4. The molecular weight excluding hydrogens is 1380 g/mol. The molecule has 37 nitrogen and oxygen atoms in total. The van der Waals surface area contributed by atoms with E-state index in [-0.39, 0.29) is 46.8 Å². The monoisotopic (exact) mass is 1440 g/mol. The molecule has 510 valence electrons. The Hall–Kier alpha value is -6.71. The Morgan fingerprint density at radius 1 is 0.505 bits per heavy atom. The van der Waals surface area contributed by atoms with Gasteiger partial charge in [0.25, 0.3) is 11.1 Å². The van der Waals surface area contributed by atoms with Gasteiger partial charge in [-0.1, -0.05) is 54.6 Å². The number of phosphoric ester groups is 3. The molecule has 97 heavy (non-hydrogen) atoms. The zero-order valence-corrected chi connectivity index (χ0v) is 54.4. The number of nitrogens with one attached hydrogen (secondary N) is 2. The fourth-order valence-corrected chi connectivity index (χ4v) is 17.5. The first kappa shape index (κ1) is 64.9. The number of aliphatic hydroxyl groups excluding tert-OH is 3. The van der Waals surface area contributed by atoms with Crippen LogP contribution < -0.4 is 11.1 Å². The molecule has 42 heteroatoms. The van der Waals surface area contributed by atoms with Crippen LogP contribution in [0.4, 0.5) is 0 Å². The fourth-order valence-electron chi connectivity index (χ4n) is 13.2. The molecule has 0 radical (unpaired) electrons. The third-order valence-corrected chi connectivity index (χ3v) is 22.1. The van der Waals surface area contributed by atoms with Crippen molar-refractivity contribution in [1.29, 1.82) is 0 Å². The second kappa shape index (κ2) is 24.3. The third kappa shape index (κ3) is 11.8. The lowest BCUT2D eigenvalue weighted by Gasteiger charge is -2.27. The first-order valence-corrected chi connectivity index (χ1v) is 36.9. The maximum absolute atomic E-state index is 13.4. The molecule has 6 aliphatic heterocycles. The number of ether oxygens (including phenoxy) is 4. The summed E-state index contributed by atoms with van der Waals surface area (Å²) in [6.45, 7) is -3.60. The Morgan fingerprint density at radius 2 is 1.02 bits per heavy atom. The lowest BCUT2D eigenvalue weighted by molar-refractivity contribution is -0.0672. The highest BCUT2D eigenvalue weighted by Gasteiger charge is 2.55. The van der Waals surface area contributed by atoms with Crippen molar-refractivity contribution in [1.82, 2.24) is 63.0 Å². The number of aromatic amines is 2. The second-order valence-corrected chi connectivity index (χ2v) is 30.7. The number of H-pyrrole nitrogens is 2. The third-order valence-electron chi connectivity index (χ3n) is 17.6. The molecule has 17 rings (SSSR count). The van der Waals surface area contributed by atoms with Crippen molar-refractivity contribution >= 4 is 113 Å². The van der Waals surface area contributed by atoms with Crippen molar-refractivity contribution in [3.05, 3.63) is 130 Å². The van der Waals surface area contributed by atoms with Crippen molar-refractivity contribution in [2.24, 2.45) is 0 Å².